The maximum Gasteiger partial charge on any atom is 0.0753 e. The maximum absolute atomic E-state index is 9.92. The standard InChI is InChI=1S/C11H23ClO2/c1-6-11(4,9(13)7-12)10(14-5)8(2)3/h8-10,13H,6-7H2,1-5H3. The van der Waals surface area contributed by atoms with E-state index in [0.717, 1.165) is 6.42 Å². The second kappa shape index (κ2) is 5.94. The average Bonchev–Trinajstić information content (AvgIpc) is 2.16. The number of hydrogen-bond acceptors (Lipinski definition) is 2. The van der Waals surface area contributed by atoms with Crippen molar-refractivity contribution in [3.8, 4) is 0 Å². The molecule has 0 amide bonds. The quantitative estimate of drug-likeness (QED) is 0.701. The fourth-order valence-corrected chi connectivity index (χ4v) is 2.46. The molecule has 2 nitrogen and oxygen atoms in total. The molecule has 0 aliphatic heterocycles. The van der Waals surface area contributed by atoms with E-state index < -0.39 is 6.10 Å². The summed E-state index contributed by atoms with van der Waals surface area (Å²) in [4.78, 5) is 0. The zero-order valence-corrected chi connectivity index (χ0v) is 10.6. The lowest BCUT2D eigenvalue weighted by molar-refractivity contribution is -0.0926. The van der Waals surface area contributed by atoms with E-state index in [4.69, 9.17) is 16.3 Å². The van der Waals surface area contributed by atoms with Crippen LogP contribution in [0.15, 0.2) is 0 Å². The third-order valence-electron chi connectivity index (χ3n) is 3.18. The number of rotatable bonds is 6. The second-order valence-electron chi connectivity index (χ2n) is 4.43. The largest absolute Gasteiger partial charge is 0.391 e. The van der Waals surface area contributed by atoms with Crippen LogP contribution in [0.5, 0.6) is 0 Å². The van der Waals surface area contributed by atoms with Gasteiger partial charge in [-0.15, -0.1) is 11.6 Å². The van der Waals surface area contributed by atoms with Crippen LogP contribution < -0.4 is 0 Å². The third kappa shape index (κ3) is 2.85. The molecule has 3 unspecified atom stereocenters. The van der Waals surface area contributed by atoms with Crippen molar-refractivity contribution >= 4 is 11.6 Å². The Labute approximate surface area is 92.6 Å². The molecule has 3 heteroatoms. The Morgan fingerprint density at radius 2 is 1.93 bits per heavy atom. The lowest BCUT2D eigenvalue weighted by Gasteiger charge is -2.41. The topological polar surface area (TPSA) is 29.5 Å². The highest BCUT2D eigenvalue weighted by atomic mass is 35.5. The Morgan fingerprint density at radius 3 is 2.14 bits per heavy atom. The highest BCUT2D eigenvalue weighted by Crippen LogP contribution is 2.36. The smallest absolute Gasteiger partial charge is 0.0753 e. The molecule has 0 aromatic heterocycles. The summed E-state index contributed by atoms with van der Waals surface area (Å²) in [5, 5.41) is 9.92. The van der Waals surface area contributed by atoms with Crippen molar-refractivity contribution in [1.82, 2.24) is 0 Å². The number of aliphatic hydroxyl groups is 1. The van der Waals surface area contributed by atoms with E-state index in [1.807, 2.05) is 6.92 Å². The van der Waals surface area contributed by atoms with Gasteiger partial charge in [0.05, 0.1) is 12.2 Å². The van der Waals surface area contributed by atoms with Gasteiger partial charge in [0, 0.05) is 18.4 Å². The van der Waals surface area contributed by atoms with Gasteiger partial charge < -0.3 is 9.84 Å². The van der Waals surface area contributed by atoms with E-state index >= 15 is 0 Å². The molecule has 0 heterocycles. The zero-order valence-electron chi connectivity index (χ0n) is 9.88. The molecule has 0 aliphatic carbocycles. The minimum absolute atomic E-state index is 0.0428. The summed E-state index contributed by atoms with van der Waals surface area (Å²) >= 11 is 5.72. The van der Waals surface area contributed by atoms with Crippen LogP contribution in [0.25, 0.3) is 0 Å². The van der Waals surface area contributed by atoms with Crippen LogP contribution in [-0.2, 0) is 4.74 Å². The van der Waals surface area contributed by atoms with Crippen LogP contribution in [0.2, 0.25) is 0 Å². The average molecular weight is 223 g/mol. The van der Waals surface area contributed by atoms with Crippen molar-refractivity contribution in [3.05, 3.63) is 0 Å². The van der Waals surface area contributed by atoms with Gasteiger partial charge in [0.15, 0.2) is 0 Å². The Bertz CT molecular complexity index is 161. The molecule has 0 aromatic carbocycles. The van der Waals surface area contributed by atoms with Crippen molar-refractivity contribution in [2.24, 2.45) is 11.3 Å². The summed E-state index contributed by atoms with van der Waals surface area (Å²) in [5.41, 5.74) is -0.259. The van der Waals surface area contributed by atoms with E-state index in [1.54, 1.807) is 7.11 Å². The van der Waals surface area contributed by atoms with Gasteiger partial charge in [-0.1, -0.05) is 27.7 Å². The Kier molecular flexibility index (Phi) is 6.03. The second-order valence-corrected chi connectivity index (χ2v) is 4.74. The van der Waals surface area contributed by atoms with Crippen LogP contribution in [0.3, 0.4) is 0 Å². The van der Waals surface area contributed by atoms with Gasteiger partial charge in [-0.05, 0) is 12.3 Å². The molecule has 0 saturated carbocycles. The molecule has 0 saturated heterocycles. The Balaban J connectivity index is 4.79. The minimum Gasteiger partial charge on any atom is -0.391 e. The van der Waals surface area contributed by atoms with E-state index in [9.17, 15) is 5.11 Å². The molecule has 0 rings (SSSR count). The highest BCUT2D eigenvalue weighted by molar-refractivity contribution is 6.18. The maximum atomic E-state index is 9.92. The van der Waals surface area contributed by atoms with Gasteiger partial charge in [0.2, 0.25) is 0 Å². The molecule has 0 fully saturated rings. The number of alkyl halides is 1. The molecule has 0 radical (unpaired) electrons. The highest BCUT2D eigenvalue weighted by Gasteiger charge is 2.40. The van der Waals surface area contributed by atoms with Crippen molar-refractivity contribution in [1.29, 1.82) is 0 Å². The van der Waals surface area contributed by atoms with Crippen molar-refractivity contribution in [3.63, 3.8) is 0 Å². The Morgan fingerprint density at radius 1 is 1.43 bits per heavy atom. The summed E-state index contributed by atoms with van der Waals surface area (Å²) in [6, 6.07) is 0. The van der Waals surface area contributed by atoms with Gasteiger partial charge in [-0.25, -0.2) is 0 Å². The fraction of sp³-hybridized carbons (Fsp3) is 1.00. The van der Waals surface area contributed by atoms with Crippen LogP contribution in [0, 0.1) is 11.3 Å². The van der Waals surface area contributed by atoms with E-state index in [0.29, 0.717) is 5.92 Å². The molecule has 0 bridgehead atoms. The van der Waals surface area contributed by atoms with Crippen LogP contribution in [0.4, 0.5) is 0 Å². The van der Waals surface area contributed by atoms with Crippen molar-refractivity contribution in [2.45, 2.75) is 46.3 Å². The summed E-state index contributed by atoms with van der Waals surface area (Å²) in [7, 11) is 1.69. The lowest BCUT2D eigenvalue weighted by atomic mass is 9.73. The third-order valence-corrected chi connectivity index (χ3v) is 3.47. The first-order chi connectivity index (χ1) is 6.43. The van der Waals surface area contributed by atoms with Gasteiger partial charge in [0.25, 0.3) is 0 Å². The first kappa shape index (κ1) is 14.2. The molecule has 0 aromatic rings. The predicted molar refractivity (Wildman–Crippen MR) is 60.8 cm³/mol. The zero-order chi connectivity index (χ0) is 11.4. The lowest BCUT2D eigenvalue weighted by Crippen LogP contribution is -2.47. The normalized spacial score (nSPS) is 20.6. The molecule has 86 valence electrons. The minimum atomic E-state index is -0.512. The molecular formula is C11H23ClO2. The first-order valence-corrected chi connectivity index (χ1v) is 5.74. The SMILES string of the molecule is CCC(C)(C(O)CCl)C(OC)C(C)C. The van der Waals surface area contributed by atoms with Gasteiger partial charge >= 0.3 is 0 Å². The number of hydrogen-bond donors (Lipinski definition) is 1. The molecule has 1 N–H and O–H groups in total. The number of ether oxygens (including phenoxy) is 1. The summed E-state index contributed by atoms with van der Waals surface area (Å²) < 4.78 is 5.47. The summed E-state index contributed by atoms with van der Waals surface area (Å²) in [6.45, 7) is 8.30. The molecule has 3 atom stereocenters. The Hall–Kier alpha value is 0.210. The summed E-state index contributed by atoms with van der Waals surface area (Å²) in [5.74, 6) is 0.638. The van der Waals surface area contributed by atoms with E-state index in [-0.39, 0.29) is 17.4 Å². The molecule has 14 heavy (non-hydrogen) atoms. The van der Waals surface area contributed by atoms with Crippen LogP contribution in [-0.4, -0.2) is 30.3 Å². The monoisotopic (exact) mass is 222 g/mol. The van der Waals surface area contributed by atoms with E-state index in [2.05, 4.69) is 20.8 Å². The molecule has 0 aliphatic rings. The van der Waals surface area contributed by atoms with Crippen molar-refractivity contribution < 1.29 is 9.84 Å². The number of halogens is 1. The predicted octanol–water partition coefficient (Wildman–Crippen LogP) is 2.67. The first-order valence-electron chi connectivity index (χ1n) is 5.20. The van der Waals surface area contributed by atoms with Gasteiger partial charge in [-0.3, -0.25) is 0 Å². The van der Waals surface area contributed by atoms with Crippen LogP contribution in [0.1, 0.15) is 34.1 Å². The van der Waals surface area contributed by atoms with Gasteiger partial charge in [0.1, 0.15) is 0 Å². The van der Waals surface area contributed by atoms with Gasteiger partial charge in [-0.2, -0.15) is 0 Å². The van der Waals surface area contributed by atoms with E-state index in [1.165, 1.54) is 0 Å². The molecular weight excluding hydrogens is 200 g/mol. The summed E-state index contributed by atoms with van der Waals surface area (Å²) in [6.07, 6.45) is 0.389. The van der Waals surface area contributed by atoms with Crippen molar-refractivity contribution in [2.75, 3.05) is 13.0 Å². The van der Waals surface area contributed by atoms with Crippen LogP contribution >= 0.6 is 11.6 Å². The molecule has 0 spiro atoms. The fourth-order valence-electron chi connectivity index (χ4n) is 2.11. The number of aliphatic hydroxyl groups excluding tert-OH is 1. The number of methoxy groups -OCH3 is 1.